The van der Waals surface area contributed by atoms with Crippen LogP contribution in [-0.4, -0.2) is 21.4 Å². The third-order valence-corrected chi connectivity index (χ3v) is 3.65. The average Bonchev–Trinajstić information content (AvgIpc) is 2.88. The van der Waals surface area contributed by atoms with Gasteiger partial charge >= 0.3 is 6.18 Å². The molecule has 2 heterocycles. The molecule has 2 rings (SSSR count). The SMILES string of the molecule is CCCN(Cc1cccnc1)Cc1s[c]nc1C(F)(F)F. The Morgan fingerprint density at radius 2 is 2.14 bits per heavy atom. The van der Waals surface area contributed by atoms with Gasteiger partial charge in [-0.1, -0.05) is 13.0 Å². The summed E-state index contributed by atoms with van der Waals surface area (Å²) in [7, 11) is 0. The lowest BCUT2D eigenvalue weighted by molar-refractivity contribution is -0.141. The fourth-order valence-electron chi connectivity index (χ4n) is 2.05. The summed E-state index contributed by atoms with van der Waals surface area (Å²) in [5.74, 6) is 0. The topological polar surface area (TPSA) is 29.0 Å². The molecule has 2 aromatic rings. The Morgan fingerprint density at radius 3 is 2.76 bits per heavy atom. The highest BCUT2D eigenvalue weighted by Crippen LogP contribution is 2.33. The first kappa shape index (κ1) is 15.9. The van der Waals surface area contributed by atoms with Crippen LogP contribution in [0.15, 0.2) is 24.5 Å². The molecule has 0 aromatic carbocycles. The molecule has 0 aliphatic carbocycles. The number of rotatable bonds is 6. The molecule has 0 aliphatic rings. The van der Waals surface area contributed by atoms with Crippen molar-refractivity contribution in [2.24, 2.45) is 0 Å². The third kappa shape index (κ3) is 4.50. The van der Waals surface area contributed by atoms with Crippen molar-refractivity contribution in [3.63, 3.8) is 0 Å². The highest BCUT2D eigenvalue weighted by Gasteiger charge is 2.36. The van der Waals surface area contributed by atoms with E-state index in [4.69, 9.17) is 0 Å². The zero-order valence-corrected chi connectivity index (χ0v) is 12.3. The summed E-state index contributed by atoms with van der Waals surface area (Å²) < 4.78 is 38.5. The fraction of sp³-hybridized carbons (Fsp3) is 0.429. The van der Waals surface area contributed by atoms with Crippen molar-refractivity contribution in [3.05, 3.63) is 46.2 Å². The summed E-state index contributed by atoms with van der Waals surface area (Å²) in [5.41, 5.74) is 2.51. The monoisotopic (exact) mass is 314 g/mol. The van der Waals surface area contributed by atoms with Gasteiger partial charge in [0, 0.05) is 25.5 Å². The molecule has 0 bridgehead atoms. The van der Waals surface area contributed by atoms with E-state index >= 15 is 0 Å². The predicted molar refractivity (Wildman–Crippen MR) is 74.6 cm³/mol. The van der Waals surface area contributed by atoms with E-state index < -0.39 is 11.9 Å². The molecule has 113 valence electrons. The second-order valence-electron chi connectivity index (χ2n) is 4.65. The molecule has 0 saturated heterocycles. The first-order valence-corrected chi connectivity index (χ1v) is 7.36. The van der Waals surface area contributed by atoms with Crippen molar-refractivity contribution < 1.29 is 13.2 Å². The number of alkyl halides is 3. The normalized spacial score (nSPS) is 12.0. The van der Waals surface area contributed by atoms with Gasteiger partial charge in [-0.3, -0.25) is 9.88 Å². The first-order valence-electron chi connectivity index (χ1n) is 6.55. The van der Waals surface area contributed by atoms with Gasteiger partial charge < -0.3 is 0 Å². The molecule has 0 fully saturated rings. The summed E-state index contributed by atoms with van der Waals surface area (Å²) in [6.45, 7) is 3.50. The highest BCUT2D eigenvalue weighted by atomic mass is 32.1. The lowest BCUT2D eigenvalue weighted by atomic mass is 10.2. The molecule has 3 nitrogen and oxygen atoms in total. The standard InChI is InChI=1S/C14H15F3N3S/c1-2-6-20(8-11-4-3-5-18-7-11)9-12-13(14(15,16)17)19-10-21-12/h3-5,7H,2,6,8-9H2,1H3. The van der Waals surface area contributed by atoms with Crippen LogP contribution in [0.25, 0.3) is 0 Å². The Bertz CT molecular complexity index is 554. The molecule has 1 radical (unpaired) electrons. The smallest absolute Gasteiger partial charge is 0.294 e. The van der Waals surface area contributed by atoms with E-state index in [1.54, 1.807) is 12.4 Å². The summed E-state index contributed by atoms with van der Waals surface area (Å²) in [6.07, 6.45) is -0.151. The maximum Gasteiger partial charge on any atom is 0.434 e. The second-order valence-corrected chi connectivity index (χ2v) is 5.53. The number of pyridine rings is 1. The van der Waals surface area contributed by atoms with Crippen LogP contribution in [0.1, 0.15) is 29.5 Å². The molecule has 0 spiro atoms. The summed E-state index contributed by atoms with van der Waals surface area (Å²) >= 11 is 0.928. The molecule has 7 heteroatoms. The number of nitrogens with zero attached hydrogens (tertiary/aromatic N) is 3. The Kier molecular flexibility index (Phi) is 5.30. The average molecular weight is 314 g/mol. The van der Waals surface area contributed by atoms with Crippen LogP contribution < -0.4 is 0 Å². The zero-order chi connectivity index (χ0) is 15.3. The van der Waals surface area contributed by atoms with Crippen LogP contribution in [0.2, 0.25) is 0 Å². The molecule has 21 heavy (non-hydrogen) atoms. The molecule has 0 atom stereocenters. The van der Waals surface area contributed by atoms with Crippen molar-refractivity contribution in [2.45, 2.75) is 32.6 Å². The predicted octanol–water partition coefficient (Wildman–Crippen LogP) is 3.77. The fourth-order valence-corrected chi connectivity index (χ4v) is 2.80. The minimum absolute atomic E-state index is 0.208. The lowest BCUT2D eigenvalue weighted by Crippen LogP contribution is -2.24. The van der Waals surface area contributed by atoms with Gasteiger partial charge in [0.15, 0.2) is 11.2 Å². The molecule has 2 aromatic heterocycles. The Labute approximate surface area is 125 Å². The molecule has 0 saturated carbocycles. The summed E-state index contributed by atoms with van der Waals surface area (Å²) in [4.78, 5) is 9.54. The molecule has 0 amide bonds. The Morgan fingerprint density at radius 1 is 1.33 bits per heavy atom. The molecular weight excluding hydrogens is 299 g/mol. The van der Waals surface area contributed by atoms with Gasteiger partial charge in [0.25, 0.3) is 0 Å². The van der Waals surface area contributed by atoms with E-state index in [2.05, 4.69) is 15.5 Å². The van der Waals surface area contributed by atoms with E-state index in [1.165, 1.54) is 0 Å². The Hall–Kier alpha value is -1.47. The van der Waals surface area contributed by atoms with Gasteiger partial charge in [-0.2, -0.15) is 13.2 Å². The van der Waals surface area contributed by atoms with Crippen LogP contribution in [0.3, 0.4) is 0 Å². The maximum absolute atomic E-state index is 12.8. The van der Waals surface area contributed by atoms with E-state index in [9.17, 15) is 13.2 Å². The molecule has 0 N–H and O–H groups in total. The minimum Gasteiger partial charge on any atom is -0.294 e. The largest absolute Gasteiger partial charge is 0.434 e. The van der Waals surface area contributed by atoms with Crippen molar-refractivity contribution in [1.29, 1.82) is 0 Å². The molecule has 0 unspecified atom stereocenters. The van der Waals surface area contributed by atoms with Crippen LogP contribution in [0.5, 0.6) is 0 Å². The third-order valence-electron chi connectivity index (χ3n) is 2.89. The number of hydrogen-bond acceptors (Lipinski definition) is 4. The van der Waals surface area contributed by atoms with Gasteiger partial charge in [0.05, 0.1) is 4.88 Å². The van der Waals surface area contributed by atoms with Gasteiger partial charge in [0.1, 0.15) is 0 Å². The van der Waals surface area contributed by atoms with Crippen LogP contribution >= 0.6 is 11.3 Å². The van der Waals surface area contributed by atoms with Gasteiger partial charge in [-0.05, 0) is 24.6 Å². The van der Waals surface area contributed by atoms with Crippen molar-refractivity contribution >= 4 is 11.3 Å². The van der Waals surface area contributed by atoms with Gasteiger partial charge in [0.2, 0.25) is 0 Å². The minimum atomic E-state index is -4.42. The molecule has 0 aliphatic heterocycles. The zero-order valence-electron chi connectivity index (χ0n) is 11.5. The maximum atomic E-state index is 12.8. The number of aromatic nitrogens is 2. The first-order chi connectivity index (χ1) is 10.0. The Balaban J connectivity index is 2.12. The lowest BCUT2D eigenvalue weighted by Gasteiger charge is -2.21. The van der Waals surface area contributed by atoms with Crippen LogP contribution in [0, 0.1) is 5.51 Å². The quantitative estimate of drug-likeness (QED) is 0.813. The number of hydrogen-bond donors (Lipinski definition) is 0. The van der Waals surface area contributed by atoms with E-state index in [1.807, 2.05) is 24.0 Å². The number of thiazole rings is 1. The summed E-state index contributed by atoms with van der Waals surface area (Å²) in [6, 6.07) is 3.74. The van der Waals surface area contributed by atoms with Crippen LogP contribution in [-0.2, 0) is 19.3 Å². The molecular formula is C14H15F3N3S. The summed E-state index contributed by atoms with van der Waals surface area (Å²) in [5, 5.41) is 0. The second kappa shape index (κ2) is 7.00. The van der Waals surface area contributed by atoms with E-state index in [0.29, 0.717) is 13.1 Å². The van der Waals surface area contributed by atoms with E-state index in [-0.39, 0.29) is 11.4 Å². The van der Waals surface area contributed by atoms with Gasteiger partial charge in [-0.15, -0.1) is 11.3 Å². The van der Waals surface area contributed by atoms with E-state index in [0.717, 1.165) is 23.3 Å². The van der Waals surface area contributed by atoms with Crippen molar-refractivity contribution in [2.75, 3.05) is 6.54 Å². The van der Waals surface area contributed by atoms with Crippen LogP contribution in [0.4, 0.5) is 13.2 Å². The van der Waals surface area contributed by atoms with Crippen molar-refractivity contribution in [1.82, 2.24) is 14.9 Å². The number of halogens is 3. The van der Waals surface area contributed by atoms with Crippen molar-refractivity contribution in [3.8, 4) is 0 Å². The highest BCUT2D eigenvalue weighted by molar-refractivity contribution is 7.09. The van der Waals surface area contributed by atoms with Gasteiger partial charge in [-0.25, -0.2) is 4.98 Å².